The molecule has 1 aliphatic carbocycles. The van der Waals surface area contributed by atoms with Crippen molar-refractivity contribution in [1.82, 2.24) is 10.6 Å². The van der Waals surface area contributed by atoms with Gasteiger partial charge >= 0.3 is 11.8 Å². The molecule has 0 bridgehead atoms. The van der Waals surface area contributed by atoms with Crippen molar-refractivity contribution in [2.45, 2.75) is 44.2 Å². The molecule has 1 unspecified atom stereocenters. The van der Waals surface area contributed by atoms with Crippen LogP contribution in [-0.2, 0) is 9.59 Å². The third kappa shape index (κ3) is 4.09. The van der Waals surface area contributed by atoms with E-state index in [2.05, 4.69) is 10.6 Å². The molecule has 2 rings (SSSR count). The summed E-state index contributed by atoms with van der Waals surface area (Å²) in [5, 5.41) is 15.0. The van der Waals surface area contributed by atoms with E-state index in [1.807, 2.05) is 0 Å². The van der Waals surface area contributed by atoms with Gasteiger partial charge in [0.25, 0.3) is 0 Å². The Labute approximate surface area is 117 Å². The first-order chi connectivity index (χ1) is 9.66. The van der Waals surface area contributed by atoms with E-state index in [4.69, 9.17) is 4.42 Å². The van der Waals surface area contributed by atoms with Gasteiger partial charge < -0.3 is 20.2 Å². The summed E-state index contributed by atoms with van der Waals surface area (Å²) in [5.41, 5.74) is 0. The molecule has 1 fully saturated rings. The third-order valence-corrected chi connectivity index (χ3v) is 3.47. The Hall–Kier alpha value is -1.82. The summed E-state index contributed by atoms with van der Waals surface area (Å²) in [6, 6.07) is 3.48. The normalized spacial score (nSPS) is 16.9. The van der Waals surface area contributed by atoms with Crippen molar-refractivity contribution in [2.24, 2.45) is 0 Å². The summed E-state index contributed by atoms with van der Waals surface area (Å²) < 4.78 is 5.05. The Morgan fingerprint density at radius 2 is 2.10 bits per heavy atom. The molecule has 0 aliphatic heterocycles. The standard InChI is InChI=1S/C14H20N2O4/c17-11(12-6-3-9-20-12)7-8-15-13(18)14(19)16-10-4-1-2-5-10/h3,6,9-11,17H,1-2,4-5,7-8H2,(H,15,18)(H,16,19). The van der Waals surface area contributed by atoms with E-state index in [0.29, 0.717) is 12.2 Å². The molecule has 0 aromatic carbocycles. The molecule has 1 heterocycles. The van der Waals surface area contributed by atoms with Crippen LogP contribution < -0.4 is 10.6 Å². The Kier molecular flexibility index (Phi) is 5.17. The molecule has 1 aromatic rings. The van der Waals surface area contributed by atoms with Crippen LogP contribution in [0.15, 0.2) is 22.8 Å². The molecule has 3 N–H and O–H groups in total. The molecular weight excluding hydrogens is 260 g/mol. The van der Waals surface area contributed by atoms with Gasteiger partial charge in [0.15, 0.2) is 0 Å². The van der Waals surface area contributed by atoms with Gasteiger partial charge in [0.2, 0.25) is 0 Å². The second-order valence-corrected chi connectivity index (χ2v) is 5.03. The van der Waals surface area contributed by atoms with Crippen LogP contribution in [0.3, 0.4) is 0 Å². The number of nitrogens with one attached hydrogen (secondary N) is 2. The van der Waals surface area contributed by atoms with Gasteiger partial charge in [0, 0.05) is 12.6 Å². The first-order valence-corrected chi connectivity index (χ1v) is 6.97. The topological polar surface area (TPSA) is 91.6 Å². The van der Waals surface area contributed by atoms with Gasteiger partial charge in [-0.3, -0.25) is 9.59 Å². The first kappa shape index (κ1) is 14.6. The maximum Gasteiger partial charge on any atom is 0.309 e. The highest BCUT2D eigenvalue weighted by Gasteiger charge is 2.21. The van der Waals surface area contributed by atoms with Gasteiger partial charge in [-0.1, -0.05) is 12.8 Å². The molecule has 1 atom stereocenters. The fraction of sp³-hybridized carbons (Fsp3) is 0.571. The quantitative estimate of drug-likeness (QED) is 0.698. The van der Waals surface area contributed by atoms with Crippen LogP contribution in [0.2, 0.25) is 0 Å². The fourth-order valence-electron chi connectivity index (χ4n) is 2.35. The van der Waals surface area contributed by atoms with Crippen LogP contribution in [0.4, 0.5) is 0 Å². The SMILES string of the molecule is O=C(NCCC(O)c1ccco1)C(=O)NC1CCCC1. The molecule has 1 aliphatic rings. The van der Waals surface area contributed by atoms with E-state index in [1.165, 1.54) is 6.26 Å². The second kappa shape index (κ2) is 7.09. The molecule has 0 radical (unpaired) electrons. The van der Waals surface area contributed by atoms with Crippen molar-refractivity contribution in [3.8, 4) is 0 Å². The largest absolute Gasteiger partial charge is 0.467 e. The van der Waals surface area contributed by atoms with Crippen LogP contribution >= 0.6 is 0 Å². The molecule has 6 nitrogen and oxygen atoms in total. The minimum atomic E-state index is -0.775. The van der Waals surface area contributed by atoms with Gasteiger partial charge in [-0.05, 0) is 31.4 Å². The molecule has 0 spiro atoms. The summed E-state index contributed by atoms with van der Waals surface area (Å²) in [4.78, 5) is 23.2. The lowest BCUT2D eigenvalue weighted by Gasteiger charge is -2.12. The van der Waals surface area contributed by atoms with Gasteiger partial charge in [0.05, 0.1) is 6.26 Å². The molecule has 20 heavy (non-hydrogen) atoms. The summed E-state index contributed by atoms with van der Waals surface area (Å²) in [6.07, 6.45) is 5.08. The number of amides is 2. The smallest absolute Gasteiger partial charge is 0.309 e. The number of hydrogen-bond acceptors (Lipinski definition) is 4. The number of furan rings is 1. The van der Waals surface area contributed by atoms with Gasteiger partial charge in [-0.15, -0.1) is 0 Å². The lowest BCUT2D eigenvalue weighted by Crippen LogP contribution is -2.44. The Bertz CT molecular complexity index is 438. The number of aliphatic hydroxyl groups is 1. The van der Waals surface area contributed by atoms with Gasteiger partial charge in [-0.2, -0.15) is 0 Å². The number of carbonyl (C=O) groups is 2. The summed E-state index contributed by atoms with van der Waals surface area (Å²) in [5.74, 6) is -0.789. The van der Waals surface area contributed by atoms with Crippen molar-refractivity contribution in [3.63, 3.8) is 0 Å². The average molecular weight is 280 g/mol. The number of rotatable bonds is 5. The molecule has 110 valence electrons. The van der Waals surface area contributed by atoms with Crippen LogP contribution in [0.1, 0.15) is 44.0 Å². The Morgan fingerprint density at radius 3 is 2.75 bits per heavy atom. The van der Waals surface area contributed by atoms with E-state index >= 15 is 0 Å². The van der Waals surface area contributed by atoms with Crippen LogP contribution in [-0.4, -0.2) is 29.5 Å². The number of carbonyl (C=O) groups excluding carboxylic acids is 2. The van der Waals surface area contributed by atoms with Crippen molar-refractivity contribution in [3.05, 3.63) is 24.2 Å². The van der Waals surface area contributed by atoms with Crippen molar-refractivity contribution >= 4 is 11.8 Å². The van der Waals surface area contributed by atoms with Crippen LogP contribution in [0.5, 0.6) is 0 Å². The zero-order chi connectivity index (χ0) is 14.4. The highest BCUT2D eigenvalue weighted by molar-refractivity contribution is 6.35. The Balaban J connectivity index is 1.65. The minimum absolute atomic E-state index is 0.127. The fourth-order valence-corrected chi connectivity index (χ4v) is 2.35. The van der Waals surface area contributed by atoms with E-state index in [1.54, 1.807) is 12.1 Å². The lowest BCUT2D eigenvalue weighted by molar-refractivity contribution is -0.139. The summed E-state index contributed by atoms with van der Waals surface area (Å²) in [7, 11) is 0. The average Bonchev–Trinajstić information content (AvgIpc) is 3.11. The summed E-state index contributed by atoms with van der Waals surface area (Å²) in [6.45, 7) is 0.221. The predicted molar refractivity (Wildman–Crippen MR) is 71.7 cm³/mol. The highest BCUT2D eigenvalue weighted by Crippen LogP contribution is 2.17. The Morgan fingerprint density at radius 1 is 1.35 bits per heavy atom. The van der Waals surface area contributed by atoms with Crippen molar-refractivity contribution in [1.29, 1.82) is 0 Å². The molecule has 1 saturated carbocycles. The van der Waals surface area contributed by atoms with E-state index < -0.39 is 17.9 Å². The van der Waals surface area contributed by atoms with Crippen LogP contribution in [0, 0.1) is 0 Å². The second-order valence-electron chi connectivity index (χ2n) is 5.03. The monoisotopic (exact) mass is 280 g/mol. The maximum atomic E-state index is 11.6. The van der Waals surface area contributed by atoms with E-state index in [-0.39, 0.29) is 12.6 Å². The molecule has 6 heteroatoms. The molecule has 1 aromatic heterocycles. The zero-order valence-electron chi connectivity index (χ0n) is 11.3. The number of hydrogen-bond donors (Lipinski definition) is 3. The number of aliphatic hydroxyl groups excluding tert-OH is 1. The minimum Gasteiger partial charge on any atom is -0.467 e. The van der Waals surface area contributed by atoms with Crippen molar-refractivity contribution in [2.75, 3.05) is 6.54 Å². The highest BCUT2D eigenvalue weighted by atomic mass is 16.4. The lowest BCUT2D eigenvalue weighted by atomic mass is 10.2. The van der Waals surface area contributed by atoms with E-state index in [9.17, 15) is 14.7 Å². The zero-order valence-corrected chi connectivity index (χ0v) is 11.3. The van der Waals surface area contributed by atoms with Crippen molar-refractivity contribution < 1.29 is 19.1 Å². The maximum absolute atomic E-state index is 11.6. The van der Waals surface area contributed by atoms with E-state index in [0.717, 1.165) is 25.7 Å². The van der Waals surface area contributed by atoms with Gasteiger partial charge in [-0.25, -0.2) is 0 Å². The third-order valence-electron chi connectivity index (χ3n) is 3.47. The summed E-state index contributed by atoms with van der Waals surface area (Å²) >= 11 is 0. The molecule has 0 saturated heterocycles. The molecular formula is C14H20N2O4. The van der Waals surface area contributed by atoms with Gasteiger partial charge in [0.1, 0.15) is 11.9 Å². The van der Waals surface area contributed by atoms with Crippen LogP contribution in [0.25, 0.3) is 0 Å². The predicted octanol–water partition coefficient (Wildman–Crippen LogP) is 0.878. The molecule has 2 amide bonds. The first-order valence-electron chi connectivity index (χ1n) is 6.97.